The first-order chi connectivity index (χ1) is 17.8. The van der Waals surface area contributed by atoms with Crippen LogP contribution in [0.5, 0.6) is 0 Å². The number of rotatable bonds is 9. The van der Waals surface area contributed by atoms with Gasteiger partial charge in [-0.2, -0.15) is 5.10 Å². The molecule has 0 saturated carbocycles. The maximum absolute atomic E-state index is 4.66. The van der Waals surface area contributed by atoms with Crippen LogP contribution in [0.2, 0.25) is 0 Å². The minimum Gasteiger partial charge on any atom is -0.369 e. The van der Waals surface area contributed by atoms with Crippen molar-refractivity contribution in [1.29, 1.82) is 0 Å². The van der Waals surface area contributed by atoms with E-state index in [0.717, 1.165) is 76.5 Å². The number of unbranched alkanes of at least 4 members (excludes halogenated alkanes) is 4. The molecule has 0 aromatic carbocycles. The van der Waals surface area contributed by atoms with Crippen LogP contribution >= 0.6 is 0 Å². The molecule has 1 fully saturated rings. The highest BCUT2D eigenvalue weighted by atomic mass is 15.2. The zero-order chi connectivity index (χ0) is 26.9. The highest BCUT2D eigenvalue weighted by Gasteiger charge is 2.18. The first-order valence-corrected chi connectivity index (χ1v) is 13.7. The second-order valence-electron chi connectivity index (χ2n) is 10.2. The fourth-order valence-electron chi connectivity index (χ4n) is 4.58. The van der Waals surface area contributed by atoms with Crippen molar-refractivity contribution in [2.45, 2.75) is 59.8 Å². The minimum atomic E-state index is 0.949. The van der Waals surface area contributed by atoms with E-state index in [1.54, 1.807) is 0 Å². The van der Waals surface area contributed by atoms with Crippen molar-refractivity contribution in [3.63, 3.8) is 0 Å². The van der Waals surface area contributed by atoms with Gasteiger partial charge in [-0.1, -0.05) is 65.7 Å². The fourth-order valence-corrected chi connectivity index (χ4v) is 4.58. The Bertz CT molecular complexity index is 1220. The fraction of sp³-hybridized carbons (Fsp3) is 0.438. The predicted molar refractivity (Wildman–Crippen MR) is 160 cm³/mol. The summed E-state index contributed by atoms with van der Waals surface area (Å²) < 4.78 is 1.87. The molecule has 5 heteroatoms. The third kappa shape index (κ3) is 7.20. The van der Waals surface area contributed by atoms with Crippen LogP contribution in [0.25, 0.3) is 22.4 Å². The van der Waals surface area contributed by atoms with Crippen LogP contribution < -0.4 is 0 Å². The first kappa shape index (κ1) is 28.4. The van der Waals surface area contributed by atoms with Crippen molar-refractivity contribution in [3.8, 4) is 0 Å². The Morgan fingerprint density at radius 3 is 2.19 bits per heavy atom. The summed E-state index contributed by atoms with van der Waals surface area (Å²) in [6.45, 7) is 25.4. The Kier molecular flexibility index (Phi) is 10.3. The van der Waals surface area contributed by atoms with Gasteiger partial charge in [-0.15, -0.1) is 0 Å². The molecule has 0 bridgehead atoms. The summed E-state index contributed by atoms with van der Waals surface area (Å²) in [6, 6.07) is 6.35. The van der Waals surface area contributed by atoms with Crippen molar-refractivity contribution in [1.82, 2.24) is 24.4 Å². The van der Waals surface area contributed by atoms with E-state index in [1.807, 2.05) is 43.0 Å². The monoisotopic (exact) mass is 499 g/mol. The van der Waals surface area contributed by atoms with Crippen LogP contribution in [-0.2, 0) is 0 Å². The van der Waals surface area contributed by atoms with Crippen LogP contribution in [0.4, 0.5) is 0 Å². The SMILES string of the molecule is C=C(c1ccn2ncc(C(=C)C)c2c1)c1cc(C(=C)N2CCN(C)CC2)cnc1C.CCCCCCC. The standard InChI is InChI=1S/C25H29N5.C7H16/c1-17(2)24-16-27-30-8-7-21(14-25(24)30)18(3)23-13-22(15-26-19(23)4)20(5)29-11-9-28(6)10-12-29;1-3-5-7-6-4-2/h7-8,13-16H,1,3,5,9-12H2,2,4,6H3;3-7H2,1-2H3. The lowest BCUT2D eigenvalue weighted by molar-refractivity contribution is 0.207. The molecule has 4 heterocycles. The Labute approximate surface area is 224 Å². The number of allylic oxidation sites excluding steroid dienone is 1. The van der Waals surface area contributed by atoms with Crippen LogP contribution in [-0.4, -0.2) is 57.6 Å². The summed E-state index contributed by atoms with van der Waals surface area (Å²) in [5.41, 5.74) is 9.17. The number of pyridine rings is 2. The summed E-state index contributed by atoms with van der Waals surface area (Å²) in [5, 5.41) is 4.42. The normalized spacial score (nSPS) is 13.8. The largest absolute Gasteiger partial charge is 0.369 e. The molecule has 198 valence electrons. The van der Waals surface area contributed by atoms with Gasteiger partial charge in [-0.05, 0) is 55.8 Å². The van der Waals surface area contributed by atoms with Gasteiger partial charge < -0.3 is 9.80 Å². The molecule has 0 radical (unpaired) electrons. The van der Waals surface area contributed by atoms with E-state index in [9.17, 15) is 0 Å². The maximum Gasteiger partial charge on any atom is 0.0742 e. The zero-order valence-corrected chi connectivity index (χ0v) is 23.7. The van der Waals surface area contributed by atoms with Crippen molar-refractivity contribution >= 4 is 22.4 Å². The average Bonchev–Trinajstić information content (AvgIpc) is 3.33. The Morgan fingerprint density at radius 1 is 0.892 bits per heavy atom. The number of nitrogens with zero attached hydrogens (tertiary/aromatic N) is 5. The van der Waals surface area contributed by atoms with Gasteiger partial charge in [0.15, 0.2) is 0 Å². The van der Waals surface area contributed by atoms with Gasteiger partial charge >= 0.3 is 0 Å². The number of aromatic nitrogens is 3. The second-order valence-corrected chi connectivity index (χ2v) is 10.2. The molecule has 1 saturated heterocycles. The molecule has 0 amide bonds. The van der Waals surface area contributed by atoms with Crippen LogP contribution in [0.1, 0.15) is 80.8 Å². The molecule has 1 aliphatic rings. The van der Waals surface area contributed by atoms with Gasteiger partial charge in [0.1, 0.15) is 0 Å². The Balaban J connectivity index is 0.000000479. The summed E-state index contributed by atoms with van der Waals surface area (Å²) >= 11 is 0. The predicted octanol–water partition coefficient (Wildman–Crippen LogP) is 7.33. The van der Waals surface area contributed by atoms with Crippen LogP contribution in [0.15, 0.2) is 56.5 Å². The molecule has 0 unspecified atom stereocenters. The highest BCUT2D eigenvalue weighted by Crippen LogP contribution is 2.29. The summed E-state index contributed by atoms with van der Waals surface area (Å²) in [5.74, 6) is 0. The van der Waals surface area contributed by atoms with E-state index in [1.165, 1.54) is 32.1 Å². The van der Waals surface area contributed by atoms with Crippen LogP contribution in [0.3, 0.4) is 0 Å². The van der Waals surface area contributed by atoms with Crippen molar-refractivity contribution in [3.05, 3.63) is 84.5 Å². The molecule has 1 aliphatic heterocycles. The average molecular weight is 500 g/mol. The van der Waals surface area contributed by atoms with E-state index >= 15 is 0 Å². The van der Waals surface area contributed by atoms with E-state index in [0.29, 0.717) is 0 Å². The number of fused-ring (bicyclic) bond motifs is 1. The summed E-state index contributed by atoms with van der Waals surface area (Å²) in [7, 11) is 2.16. The number of aryl methyl sites for hydroxylation is 1. The molecular formula is C32H45N5. The Morgan fingerprint density at radius 2 is 1.57 bits per heavy atom. The van der Waals surface area contributed by atoms with Crippen molar-refractivity contribution in [2.24, 2.45) is 0 Å². The Hall–Kier alpha value is -3.18. The van der Waals surface area contributed by atoms with E-state index < -0.39 is 0 Å². The van der Waals surface area contributed by atoms with Gasteiger partial charge in [0.2, 0.25) is 0 Å². The quantitative estimate of drug-likeness (QED) is 0.289. The second kappa shape index (κ2) is 13.4. The molecule has 0 N–H and O–H groups in total. The van der Waals surface area contributed by atoms with Crippen LogP contribution in [0, 0.1) is 6.92 Å². The van der Waals surface area contributed by atoms with Gasteiger partial charge in [-0.3, -0.25) is 4.98 Å². The number of piperazine rings is 1. The highest BCUT2D eigenvalue weighted by molar-refractivity contribution is 5.84. The minimum absolute atomic E-state index is 0.949. The van der Waals surface area contributed by atoms with E-state index in [-0.39, 0.29) is 0 Å². The lowest BCUT2D eigenvalue weighted by Gasteiger charge is -2.35. The molecule has 3 aromatic heterocycles. The summed E-state index contributed by atoms with van der Waals surface area (Å²) in [6.07, 6.45) is 12.8. The molecule has 0 aliphatic carbocycles. The third-order valence-corrected chi connectivity index (χ3v) is 7.17. The number of hydrogen-bond donors (Lipinski definition) is 0. The van der Waals surface area contributed by atoms with Gasteiger partial charge in [0.05, 0.1) is 11.7 Å². The number of likely N-dealkylation sites (N-methyl/N-ethyl adjacent to an activating group) is 1. The third-order valence-electron chi connectivity index (χ3n) is 7.17. The van der Waals surface area contributed by atoms with Gasteiger partial charge in [-0.25, -0.2) is 4.52 Å². The zero-order valence-electron chi connectivity index (χ0n) is 23.7. The lowest BCUT2D eigenvalue weighted by atomic mass is 9.96. The van der Waals surface area contributed by atoms with E-state index in [4.69, 9.17) is 0 Å². The van der Waals surface area contributed by atoms with Gasteiger partial charge in [0.25, 0.3) is 0 Å². The number of hydrogen-bond acceptors (Lipinski definition) is 4. The molecule has 5 nitrogen and oxygen atoms in total. The molecule has 37 heavy (non-hydrogen) atoms. The van der Waals surface area contributed by atoms with E-state index in [2.05, 4.69) is 72.6 Å². The molecule has 4 rings (SSSR count). The summed E-state index contributed by atoms with van der Waals surface area (Å²) in [4.78, 5) is 9.35. The first-order valence-electron chi connectivity index (χ1n) is 13.7. The molecule has 0 spiro atoms. The molecule has 3 aromatic rings. The van der Waals surface area contributed by atoms with Crippen molar-refractivity contribution in [2.75, 3.05) is 33.2 Å². The molecular weight excluding hydrogens is 454 g/mol. The van der Waals surface area contributed by atoms with Gasteiger partial charge in [0, 0.05) is 66.7 Å². The maximum atomic E-state index is 4.66. The lowest BCUT2D eigenvalue weighted by Crippen LogP contribution is -2.43. The molecule has 0 atom stereocenters. The smallest absolute Gasteiger partial charge is 0.0742 e. The van der Waals surface area contributed by atoms with Crippen molar-refractivity contribution < 1.29 is 0 Å². The topological polar surface area (TPSA) is 36.7 Å².